The van der Waals surface area contributed by atoms with E-state index in [-0.39, 0.29) is 10.9 Å². The molecule has 6 rings (SSSR count). The monoisotopic (exact) mass is 682 g/mol. The van der Waals surface area contributed by atoms with Crippen LogP contribution in [0.1, 0.15) is 25.5 Å². The summed E-state index contributed by atoms with van der Waals surface area (Å²) in [6.07, 6.45) is 5.38. The van der Waals surface area contributed by atoms with Crippen molar-refractivity contribution >= 4 is 50.0 Å². The second-order valence-electron chi connectivity index (χ2n) is 11.7. The Labute approximate surface area is 284 Å². The Morgan fingerprint density at radius 2 is 1.67 bits per heavy atom. The van der Waals surface area contributed by atoms with Gasteiger partial charge in [-0.2, -0.15) is 5.10 Å². The average molecular weight is 683 g/mol. The van der Waals surface area contributed by atoms with Gasteiger partial charge >= 0.3 is 12.1 Å². The molecule has 5 aromatic rings. The van der Waals surface area contributed by atoms with Crippen LogP contribution in [0.15, 0.2) is 90.0 Å². The van der Waals surface area contributed by atoms with Gasteiger partial charge in [-0.1, -0.05) is 37.6 Å². The molecule has 254 valence electrons. The number of hydrogen-bond donors (Lipinski definition) is 4. The Hall–Kier alpha value is -5.47. The topological polar surface area (TPSA) is 160 Å². The number of piperazine rings is 1. The molecule has 1 fully saturated rings. The normalized spacial score (nSPS) is 13.2. The molecule has 0 bridgehead atoms. The summed E-state index contributed by atoms with van der Waals surface area (Å²) in [5, 5.41) is 18.2. The first-order valence-electron chi connectivity index (χ1n) is 16.1. The summed E-state index contributed by atoms with van der Waals surface area (Å²) < 4.78 is 31.8. The molecule has 0 spiro atoms. The number of nitrogens with one attached hydrogen (secondary N) is 4. The highest BCUT2D eigenvalue weighted by molar-refractivity contribution is 7.90. The molecule has 0 aliphatic carbocycles. The van der Waals surface area contributed by atoms with Gasteiger partial charge < -0.3 is 20.3 Å². The Morgan fingerprint density at radius 3 is 2.41 bits per heavy atom. The molecule has 2 aromatic heterocycles. The lowest BCUT2D eigenvalue weighted by Gasteiger charge is -2.27. The van der Waals surface area contributed by atoms with Gasteiger partial charge in [-0.25, -0.2) is 27.7 Å². The maximum absolute atomic E-state index is 13.4. The fourth-order valence-corrected chi connectivity index (χ4v) is 6.13. The number of fused-ring (bicyclic) bond motifs is 1. The van der Waals surface area contributed by atoms with Crippen molar-refractivity contribution in [3.8, 4) is 17.2 Å². The van der Waals surface area contributed by atoms with Crippen LogP contribution >= 0.6 is 0 Å². The largest absolute Gasteiger partial charge is 0.457 e. The van der Waals surface area contributed by atoms with E-state index in [1.165, 1.54) is 12.1 Å². The number of nitrogens with zero attached hydrogens (tertiary/aromatic N) is 4. The second-order valence-corrected chi connectivity index (χ2v) is 13.7. The minimum Gasteiger partial charge on any atom is -0.457 e. The number of benzene rings is 3. The molecule has 4 N–H and O–H groups in total. The second kappa shape index (κ2) is 14.7. The van der Waals surface area contributed by atoms with Crippen LogP contribution in [-0.4, -0.2) is 72.6 Å². The van der Waals surface area contributed by atoms with Crippen LogP contribution in [-0.2, 0) is 16.3 Å². The molecule has 0 radical (unpaired) electrons. The Balaban J connectivity index is 1.19. The van der Waals surface area contributed by atoms with E-state index in [4.69, 9.17) is 9.84 Å². The molecule has 0 atom stereocenters. The number of anilines is 3. The molecule has 4 amide bonds. The van der Waals surface area contributed by atoms with E-state index < -0.39 is 15.9 Å². The summed E-state index contributed by atoms with van der Waals surface area (Å²) in [6.45, 7) is 4.83. The Bertz CT molecular complexity index is 2080. The van der Waals surface area contributed by atoms with Crippen molar-refractivity contribution in [3.05, 3.63) is 90.8 Å². The van der Waals surface area contributed by atoms with Crippen LogP contribution in [0.25, 0.3) is 16.5 Å². The van der Waals surface area contributed by atoms with Gasteiger partial charge in [0.25, 0.3) is 0 Å². The zero-order valence-corrected chi connectivity index (χ0v) is 28.1. The van der Waals surface area contributed by atoms with Gasteiger partial charge in [-0.15, -0.1) is 0 Å². The van der Waals surface area contributed by atoms with Crippen molar-refractivity contribution in [2.75, 3.05) is 48.4 Å². The van der Waals surface area contributed by atoms with Crippen LogP contribution in [0.4, 0.5) is 26.9 Å². The van der Waals surface area contributed by atoms with Gasteiger partial charge in [0.2, 0.25) is 0 Å². The summed E-state index contributed by atoms with van der Waals surface area (Å²) in [6, 6.07) is 22.0. The minimum absolute atomic E-state index is 0.197. The highest BCUT2D eigenvalue weighted by Crippen LogP contribution is 2.35. The van der Waals surface area contributed by atoms with E-state index in [0.29, 0.717) is 47.6 Å². The van der Waals surface area contributed by atoms with E-state index in [0.717, 1.165) is 55.1 Å². The zero-order valence-electron chi connectivity index (χ0n) is 27.3. The highest BCUT2D eigenvalue weighted by atomic mass is 32.2. The summed E-state index contributed by atoms with van der Waals surface area (Å²) in [7, 11) is -3.36. The third kappa shape index (κ3) is 8.16. The predicted octanol–water partition coefficient (Wildman–Crippen LogP) is 6.04. The van der Waals surface area contributed by atoms with E-state index >= 15 is 0 Å². The third-order valence-corrected chi connectivity index (χ3v) is 9.16. The summed E-state index contributed by atoms with van der Waals surface area (Å²) in [5.41, 5.74) is 1.98. The van der Waals surface area contributed by atoms with E-state index in [1.54, 1.807) is 52.2 Å². The number of sulfone groups is 1. The standard InChI is InChI=1S/C35H38N8O5S/c1-3-4-7-24-22-33(43(41-24)25-10-12-27(13-11-25)49(2,46)47)40-34(44)38-30-14-15-31(29-9-6-5-8-28(29)30)48-26-16-17-37-32(23-26)39-35(45)42-20-18-36-19-21-42/h5-6,8-17,22-23,36H,3-4,7,18-21H2,1-2H3,(H,37,39,45)(H2,38,40,44). The predicted molar refractivity (Wildman–Crippen MR) is 190 cm³/mol. The molecule has 0 unspecified atom stereocenters. The van der Waals surface area contributed by atoms with Gasteiger partial charge in [0.15, 0.2) is 9.84 Å². The molecule has 14 heteroatoms. The molecule has 13 nitrogen and oxygen atoms in total. The zero-order chi connectivity index (χ0) is 34.4. The van der Waals surface area contributed by atoms with Crippen LogP contribution in [0.5, 0.6) is 11.5 Å². The van der Waals surface area contributed by atoms with Crippen molar-refractivity contribution in [2.24, 2.45) is 0 Å². The first kappa shape index (κ1) is 33.4. The van der Waals surface area contributed by atoms with Crippen molar-refractivity contribution in [1.29, 1.82) is 0 Å². The summed E-state index contributed by atoms with van der Waals surface area (Å²) in [5.74, 6) is 1.87. The number of hydrogen-bond acceptors (Lipinski definition) is 8. The number of unbranched alkanes of at least 4 members (excludes halogenated alkanes) is 1. The van der Waals surface area contributed by atoms with Crippen LogP contribution in [0, 0.1) is 0 Å². The SMILES string of the molecule is CCCCc1cc(NC(=O)Nc2ccc(Oc3ccnc(NC(=O)N4CCNCC4)c3)c3ccccc23)n(-c2ccc(S(C)(=O)=O)cc2)n1. The molecule has 3 heterocycles. The number of rotatable bonds is 10. The number of carbonyl (C=O) groups excluding carboxylic acids is 2. The number of pyridine rings is 1. The number of ether oxygens (including phenoxy) is 1. The lowest BCUT2D eigenvalue weighted by molar-refractivity contribution is 0.204. The molecule has 1 aliphatic heterocycles. The lowest BCUT2D eigenvalue weighted by atomic mass is 10.1. The Morgan fingerprint density at radius 1 is 0.918 bits per heavy atom. The number of amides is 4. The average Bonchev–Trinajstić information content (AvgIpc) is 3.50. The highest BCUT2D eigenvalue weighted by Gasteiger charge is 2.18. The van der Waals surface area contributed by atoms with Crippen molar-refractivity contribution < 1.29 is 22.7 Å². The first-order valence-corrected chi connectivity index (χ1v) is 18.0. The number of carbonyl (C=O) groups is 2. The van der Waals surface area contributed by atoms with Crippen LogP contribution in [0.2, 0.25) is 0 Å². The summed E-state index contributed by atoms with van der Waals surface area (Å²) in [4.78, 5) is 32.3. The van der Waals surface area contributed by atoms with E-state index in [1.807, 2.05) is 30.3 Å². The number of urea groups is 2. The van der Waals surface area contributed by atoms with Gasteiger partial charge in [0, 0.05) is 61.5 Å². The molecule has 3 aromatic carbocycles. The molecule has 1 saturated heterocycles. The van der Waals surface area contributed by atoms with Crippen molar-refractivity contribution in [3.63, 3.8) is 0 Å². The fraction of sp³-hybridized carbons (Fsp3) is 0.257. The maximum Gasteiger partial charge on any atom is 0.324 e. The van der Waals surface area contributed by atoms with Gasteiger partial charge in [-0.3, -0.25) is 10.6 Å². The van der Waals surface area contributed by atoms with E-state index in [2.05, 4.69) is 33.2 Å². The molecule has 0 saturated carbocycles. The number of aryl methyl sites for hydroxylation is 1. The quantitative estimate of drug-likeness (QED) is 0.139. The van der Waals surface area contributed by atoms with Gasteiger partial charge in [0.1, 0.15) is 23.1 Å². The molecular weight excluding hydrogens is 645 g/mol. The van der Waals surface area contributed by atoms with Crippen LogP contribution in [0.3, 0.4) is 0 Å². The summed E-state index contributed by atoms with van der Waals surface area (Å²) >= 11 is 0. The smallest absolute Gasteiger partial charge is 0.324 e. The van der Waals surface area contributed by atoms with Crippen molar-refractivity contribution in [1.82, 2.24) is 25.0 Å². The molecular formula is C35H38N8O5S. The Kier molecular flexibility index (Phi) is 10.1. The number of aromatic nitrogens is 3. The van der Waals surface area contributed by atoms with Crippen molar-refractivity contribution in [2.45, 2.75) is 31.1 Å². The fourth-order valence-electron chi connectivity index (χ4n) is 5.50. The minimum atomic E-state index is -3.36. The van der Waals surface area contributed by atoms with Crippen LogP contribution < -0.4 is 26.0 Å². The molecule has 1 aliphatic rings. The lowest BCUT2D eigenvalue weighted by Crippen LogP contribution is -2.48. The maximum atomic E-state index is 13.4. The van der Waals surface area contributed by atoms with E-state index in [9.17, 15) is 18.0 Å². The van der Waals surface area contributed by atoms with Gasteiger partial charge in [0.05, 0.1) is 22.0 Å². The molecule has 49 heavy (non-hydrogen) atoms. The first-order chi connectivity index (χ1) is 23.7. The van der Waals surface area contributed by atoms with Gasteiger partial charge in [-0.05, 0) is 55.3 Å². The third-order valence-electron chi connectivity index (χ3n) is 8.03.